The zero-order chi connectivity index (χ0) is 13.3. The molecule has 1 heterocycles. The monoisotopic (exact) mass is 250 g/mol. The van der Waals surface area contributed by atoms with Gasteiger partial charge in [-0.2, -0.15) is 0 Å². The average Bonchev–Trinajstić information content (AvgIpc) is 2.32. The van der Waals surface area contributed by atoms with Gasteiger partial charge in [0.25, 0.3) is 5.69 Å². The summed E-state index contributed by atoms with van der Waals surface area (Å²) in [5, 5.41) is 21.0. The minimum absolute atomic E-state index is 0.122. The van der Waals surface area contributed by atoms with Gasteiger partial charge in [0.2, 0.25) is 0 Å². The van der Waals surface area contributed by atoms with Gasteiger partial charge in [-0.3, -0.25) is 10.1 Å². The van der Waals surface area contributed by atoms with Crippen molar-refractivity contribution in [3.63, 3.8) is 0 Å². The molecule has 1 fully saturated rings. The lowest BCUT2D eigenvalue weighted by molar-refractivity contribution is -0.384. The summed E-state index contributed by atoms with van der Waals surface area (Å²) < 4.78 is 0. The molecule has 0 bridgehead atoms. The molecule has 98 valence electrons. The molecule has 1 aromatic rings. The van der Waals surface area contributed by atoms with Crippen molar-refractivity contribution in [1.29, 1.82) is 0 Å². The number of nitro groups is 1. The quantitative estimate of drug-likeness (QED) is 0.645. The van der Waals surface area contributed by atoms with Crippen molar-refractivity contribution in [3.8, 4) is 0 Å². The predicted octanol–water partition coefficient (Wildman–Crippen LogP) is 2.11. The van der Waals surface area contributed by atoms with Crippen LogP contribution in [-0.2, 0) is 0 Å². The number of rotatable bonds is 2. The Labute approximate surface area is 106 Å². The SMILES string of the molecule is Cc1ccc(N2CCC(C)C(O)C2)c([N+](=O)[O-])c1. The van der Waals surface area contributed by atoms with Crippen LogP contribution in [0.1, 0.15) is 18.9 Å². The number of nitro benzene ring substituents is 1. The van der Waals surface area contributed by atoms with E-state index in [0.29, 0.717) is 12.2 Å². The van der Waals surface area contributed by atoms with Gasteiger partial charge >= 0.3 is 0 Å². The molecule has 1 aromatic carbocycles. The first-order valence-electron chi connectivity index (χ1n) is 6.17. The largest absolute Gasteiger partial charge is 0.391 e. The summed E-state index contributed by atoms with van der Waals surface area (Å²) in [7, 11) is 0. The van der Waals surface area contributed by atoms with Crippen LogP contribution in [0.4, 0.5) is 11.4 Å². The molecule has 5 heteroatoms. The molecule has 0 aromatic heterocycles. The molecule has 0 saturated carbocycles. The molecule has 2 atom stereocenters. The summed E-state index contributed by atoms with van der Waals surface area (Å²) in [6.45, 7) is 5.06. The number of hydrogen-bond acceptors (Lipinski definition) is 4. The van der Waals surface area contributed by atoms with E-state index >= 15 is 0 Å². The van der Waals surface area contributed by atoms with Crippen molar-refractivity contribution in [1.82, 2.24) is 0 Å². The van der Waals surface area contributed by atoms with E-state index in [-0.39, 0.29) is 16.5 Å². The molecule has 0 radical (unpaired) electrons. The molecule has 18 heavy (non-hydrogen) atoms. The second kappa shape index (κ2) is 4.94. The van der Waals surface area contributed by atoms with E-state index in [1.54, 1.807) is 12.1 Å². The highest BCUT2D eigenvalue weighted by molar-refractivity contribution is 5.64. The summed E-state index contributed by atoms with van der Waals surface area (Å²) in [5.74, 6) is 0.255. The molecule has 2 unspecified atom stereocenters. The standard InChI is InChI=1S/C13H18N2O3/c1-9-3-4-11(12(7-9)15(17)18)14-6-5-10(2)13(16)8-14/h3-4,7,10,13,16H,5-6,8H2,1-2H3. The molecule has 1 N–H and O–H groups in total. The number of hydrogen-bond donors (Lipinski definition) is 1. The van der Waals surface area contributed by atoms with Crippen molar-refractivity contribution in [2.24, 2.45) is 5.92 Å². The van der Waals surface area contributed by atoms with Gasteiger partial charge in [-0.1, -0.05) is 13.0 Å². The lowest BCUT2D eigenvalue weighted by Crippen LogP contribution is -2.43. The van der Waals surface area contributed by atoms with Crippen LogP contribution in [0, 0.1) is 23.0 Å². The Kier molecular flexibility index (Phi) is 3.52. The second-order valence-electron chi connectivity index (χ2n) is 5.03. The lowest BCUT2D eigenvalue weighted by atomic mass is 9.95. The number of aliphatic hydroxyl groups is 1. The van der Waals surface area contributed by atoms with E-state index in [2.05, 4.69) is 0 Å². The van der Waals surface area contributed by atoms with Gasteiger partial charge in [-0.05, 0) is 30.9 Å². The van der Waals surface area contributed by atoms with E-state index in [9.17, 15) is 15.2 Å². The highest BCUT2D eigenvalue weighted by Gasteiger charge is 2.28. The second-order valence-corrected chi connectivity index (χ2v) is 5.03. The van der Waals surface area contributed by atoms with Gasteiger partial charge in [0.15, 0.2) is 0 Å². The summed E-state index contributed by atoms with van der Waals surface area (Å²) in [6, 6.07) is 5.22. The van der Waals surface area contributed by atoms with Gasteiger partial charge in [-0.15, -0.1) is 0 Å². The Bertz CT molecular complexity index is 462. The van der Waals surface area contributed by atoms with E-state index in [1.165, 1.54) is 0 Å². The number of piperidine rings is 1. The van der Waals surface area contributed by atoms with E-state index < -0.39 is 6.10 Å². The van der Waals surface area contributed by atoms with Crippen molar-refractivity contribution < 1.29 is 10.0 Å². The van der Waals surface area contributed by atoms with Gasteiger partial charge in [0.05, 0.1) is 11.0 Å². The Hall–Kier alpha value is -1.62. The lowest BCUT2D eigenvalue weighted by Gasteiger charge is -2.35. The maximum Gasteiger partial charge on any atom is 0.292 e. The highest BCUT2D eigenvalue weighted by atomic mass is 16.6. The average molecular weight is 250 g/mol. The summed E-state index contributed by atoms with van der Waals surface area (Å²) >= 11 is 0. The first-order chi connectivity index (χ1) is 8.49. The van der Waals surface area contributed by atoms with Gasteiger partial charge in [0, 0.05) is 19.2 Å². The molecule has 0 aliphatic carbocycles. The first kappa shape index (κ1) is 12.8. The summed E-state index contributed by atoms with van der Waals surface area (Å²) in [5.41, 5.74) is 1.60. The third-order valence-corrected chi connectivity index (χ3v) is 3.59. The third-order valence-electron chi connectivity index (χ3n) is 3.59. The fraction of sp³-hybridized carbons (Fsp3) is 0.538. The van der Waals surface area contributed by atoms with E-state index in [4.69, 9.17) is 0 Å². The van der Waals surface area contributed by atoms with Gasteiger partial charge in [-0.25, -0.2) is 0 Å². The number of aryl methyl sites for hydroxylation is 1. The Morgan fingerprint density at radius 1 is 1.50 bits per heavy atom. The zero-order valence-corrected chi connectivity index (χ0v) is 10.7. The summed E-state index contributed by atoms with van der Waals surface area (Å²) in [4.78, 5) is 12.6. The summed E-state index contributed by atoms with van der Waals surface area (Å²) in [6.07, 6.45) is 0.436. The highest BCUT2D eigenvalue weighted by Crippen LogP contribution is 2.32. The maximum absolute atomic E-state index is 11.1. The molecule has 0 amide bonds. The molecular formula is C13H18N2O3. The molecule has 1 aliphatic heterocycles. The smallest absolute Gasteiger partial charge is 0.292 e. The number of benzene rings is 1. The van der Waals surface area contributed by atoms with Crippen molar-refractivity contribution >= 4 is 11.4 Å². The number of nitrogens with zero attached hydrogens (tertiary/aromatic N) is 2. The Morgan fingerprint density at radius 3 is 2.83 bits per heavy atom. The normalized spacial score (nSPS) is 24.1. The fourth-order valence-corrected chi connectivity index (χ4v) is 2.31. The zero-order valence-electron chi connectivity index (χ0n) is 10.7. The molecule has 0 spiro atoms. The van der Waals surface area contributed by atoms with Crippen LogP contribution in [0.5, 0.6) is 0 Å². The Balaban J connectivity index is 2.30. The van der Waals surface area contributed by atoms with Gasteiger partial charge in [0.1, 0.15) is 5.69 Å². The minimum Gasteiger partial charge on any atom is -0.391 e. The van der Waals surface area contributed by atoms with E-state index in [0.717, 1.165) is 18.5 Å². The predicted molar refractivity (Wildman–Crippen MR) is 69.8 cm³/mol. The van der Waals surface area contributed by atoms with Crippen molar-refractivity contribution in [2.45, 2.75) is 26.4 Å². The van der Waals surface area contributed by atoms with Crippen molar-refractivity contribution in [3.05, 3.63) is 33.9 Å². The van der Waals surface area contributed by atoms with Crippen LogP contribution in [0.15, 0.2) is 18.2 Å². The fourth-order valence-electron chi connectivity index (χ4n) is 2.31. The van der Waals surface area contributed by atoms with Crippen LogP contribution in [0.25, 0.3) is 0 Å². The van der Waals surface area contributed by atoms with Gasteiger partial charge < -0.3 is 10.0 Å². The van der Waals surface area contributed by atoms with Crippen LogP contribution >= 0.6 is 0 Å². The molecular weight excluding hydrogens is 232 g/mol. The van der Waals surface area contributed by atoms with Crippen LogP contribution in [-0.4, -0.2) is 29.2 Å². The number of anilines is 1. The Morgan fingerprint density at radius 2 is 2.22 bits per heavy atom. The number of aliphatic hydroxyl groups excluding tert-OH is 1. The van der Waals surface area contributed by atoms with E-state index in [1.807, 2.05) is 24.8 Å². The molecule has 1 aliphatic rings. The van der Waals surface area contributed by atoms with Crippen LogP contribution in [0.2, 0.25) is 0 Å². The first-order valence-corrected chi connectivity index (χ1v) is 6.17. The molecule has 2 rings (SSSR count). The maximum atomic E-state index is 11.1. The minimum atomic E-state index is -0.417. The van der Waals surface area contributed by atoms with Crippen molar-refractivity contribution in [2.75, 3.05) is 18.0 Å². The van der Waals surface area contributed by atoms with Crippen LogP contribution < -0.4 is 4.90 Å². The number of β-amino-alcohol motifs (C(OH)–C–C–N with tert-alkyl or cyclic N) is 1. The molecule has 5 nitrogen and oxygen atoms in total. The third kappa shape index (κ3) is 2.46. The van der Waals surface area contributed by atoms with Crippen LogP contribution in [0.3, 0.4) is 0 Å². The topological polar surface area (TPSA) is 66.6 Å². The molecule has 1 saturated heterocycles.